The van der Waals surface area contributed by atoms with Gasteiger partial charge < -0.3 is 10.1 Å². The van der Waals surface area contributed by atoms with E-state index in [2.05, 4.69) is 9.97 Å². The first-order valence-corrected chi connectivity index (χ1v) is 6.43. The van der Waals surface area contributed by atoms with E-state index in [0.29, 0.717) is 5.92 Å². The van der Waals surface area contributed by atoms with Crippen molar-refractivity contribution < 1.29 is 9.90 Å². The Morgan fingerprint density at radius 2 is 2.24 bits per heavy atom. The number of aliphatic carboxylic acids is 1. The van der Waals surface area contributed by atoms with E-state index in [-0.39, 0.29) is 12.3 Å². The van der Waals surface area contributed by atoms with E-state index in [1.54, 1.807) is 0 Å². The summed E-state index contributed by atoms with van der Waals surface area (Å²) >= 11 is 0. The fraction of sp³-hybridized carbons (Fsp3) is 0.692. The van der Waals surface area contributed by atoms with Crippen LogP contribution in [0.1, 0.15) is 68.8 Å². The van der Waals surface area contributed by atoms with Crippen molar-refractivity contribution >= 4 is 5.97 Å². The van der Waals surface area contributed by atoms with Gasteiger partial charge in [0.1, 0.15) is 5.82 Å². The number of imidazole rings is 1. The van der Waals surface area contributed by atoms with Crippen LogP contribution in [0.25, 0.3) is 0 Å². The number of carboxylic acids is 1. The normalized spacial score (nSPS) is 19.1. The lowest BCUT2D eigenvalue weighted by Crippen LogP contribution is -2.06. The highest BCUT2D eigenvalue weighted by atomic mass is 16.4. The summed E-state index contributed by atoms with van der Waals surface area (Å²) in [5.74, 6) is 0.605. The first-order chi connectivity index (χ1) is 8.16. The highest BCUT2D eigenvalue weighted by Gasteiger charge is 2.19. The monoisotopic (exact) mass is 236 g/mol. The van der Waals surface area contributed by atoms with Crippen LogP contribution in [0.4, 0.5) is 0 Å². The van der Waals surface area contributed by atoms with Gasteiger partial charge in [-0.15, -0.1) is 0 Å². The second-order valence-electron chi connectivity index (χ2n) is 5.06. The molecular weight excluding hydrogens is 216 g/mol. The maximum Gasteiger partial charge on any atom is 0.304 e. The standard InChI is InChI=1S/C13H20N2O2/c1-9(7-12(16)17)13-14-8-11(15-13)10-5-3-2-4-6-10/h8-10H,2-7H2,1H3,(H,14,15)(H,16,17). The Kier molecular flexibility index (Phi) is 3.82. The van der Waals surface area contributed by atoms with Crippen LogP contribution in [0.2, 0.25) is 0 Å². The van der Waals surface area contributed by atoms with Crippen LogP contribution in [0.15, 0.2) is 6.20 Å². The Bertz CT molecular complexity index is 381. The summed E-state index contributed by atoms with van der Waals surface area (Å²) in [4.78, 5) is 18.3. The molecule has 4 heteroatoms. The maximum atomic E-state index is 10.6. The smallest absolute Gasteiger partial charge is 0.304 e. The number of hydrogen-bond donors (Lipinski definition) is 2. The predicted octanol–water partition coefficient (Wildman–Crippen LogP) is 3.04. The van der Waals surface area contributed by atoms with Crippen LogP contribution >= 0.6 is 0 Å². The van der Waals surface area contributed by atoms with Gasteiger partial charge in [0.15, 0.2) is 0 Å². The molecule has 17 heavy (non-hydrogen) atoms. The minimum absolute atomic E-state index is 0.0372. The molecule has 1 heterocycles. The largest absolute Gasteiger partial charge is 0.481 e. The Labute approximate surface area is 101 Å². The van der Waals surface area contributed by atoms with Gasteiger partial charge >= 0.3 is 5.97 Å². The zero-order chi connectivity index (χ0) is 12.3. The Morgan fingerprint density at radius 3 is 2.88 bits per heavy atom. The molecule has 0 radical (unpaired) electrons. The molecule has 1 aromatic rings. The molecule has 0 aliphatic heterocycles. The van der Waals surface area contributed by atoms with Crippen molar-refractivity contribution in [3.63, 3.8) is 0 Å². The molecule has 1 aliphatic rings. The summed E-state index contributed by atoms with van der Waals surface area (Å²) in [6.45, 7) is 1.90. The number of carbonyl (C=O) groups is 1. The Balaban J connectivity index is 2.01. The van der Waals surface area contributed by atoms with Gasteiger partial charge in [0.25, 0.3) is 0 Å². The average Bonchev–Trinajstić information content (AvgIpc) is 2.78. The van der Waals surface area contributed by atoms with E-state index in [0.717, 1.165) is 5.82 Å². The van der Waals surface area contributed by atoms with Gasteiger partial charge in [0, 0.05) is 23.7 Å². The number of aromatic nitrogens is 2. The Hall–Kier alpha value is -1.32. The van der Waals surface area contributed by atoms with Gasteiger partial charge in [-0.1, -0.05) is 26.2 Å². The molecule has 94 valence electrons. The molecule has 2 N–H and O–H groups in total. The van der Waals surface area contributed by atoms with Crippen molar-refractivity contribution in [1.82, 2.24) is 9.97 Å². The van der Waals surface area contributed by atoms with E-state index < -0.39 is 5.97 Å². The summed E-state index contributed by atoms with van der Waals surface area (Å²) in [6.07, 6.45) is 8.42. The lowest BCUT2D eigenvalue weighted by Gasteiger charge is -2.19. The zero-order valence-electron chi connectivity index (χ0n) is 10.3. The maximum absolute atomic E-state index is 10.6. The van der Waals surface area contributed by atoms with Gasteiger partial charge in [-0.25, -0.2) is 4.98 Å². The molecule has 0 saturated heterocycles. The van der Waals surface area contributed by atoms with Gasteiger partial charge in [-0.2, -0.15) is 0 Å². The third-order valence-electron chi connectivity index (χ3n) is 3.61. The summed E-state index contributed by atoms with van der Waals surface area (Å²) in [5.41, 5.74) is 1.19. The van der Waals surface area contributed by atoms with Crippen LogP contribution in [-0.4, -0.2) is 21.0 Å². The molecule has 1 saturated carbocycles. The number of aromatic amines is 1. The lowest BCUT2D eigenvalue weighted by atomic mass is 9.87. The molecule has 0 spiro atoms. The average molecular weight is 236 g/mol. The van der Waals surface area contributed by atoms with E-state index in [9.17, 15) is 4.79 Å². The fourth-order valence-corrected chi connectivity index (χ4v) is 2.58. The zero-order valence-corrected chi connectivity index (χ0v) is 10.3. The quantitative estimate of drug-likeness (QED) is 0.844. The van der Waals surface area contributed by atoms with Gasteiger partial charge in [-0.05, 0) is 12.8 Å². The van der Waals surface area contributed by atoms with Crippen molar-refractivity contribution in [3.05, 3.63) is 17.7 Å². The molecule has 1 aromatic heterocycles. The molecule has 1 aliphatic carbocycles. The summed E-state index contributed by atoms with van der Waals surface area (Å²) < 4.78 is 0. The third-order valence-corrected chi connectivity index (χ3v) is 3.61. The summed E-state index contributed by atoms with van der Waals surface area (Å²) in [5, 5.41) is 8.76. The molecule has 2 rings (SSSR count). The van der Waals surface area contributed by atoms with E-state index in [1.807, 2.05) is 13.1 Å². The molecule has 0 aromatic carbocycles. The number of hydrogen-bond acceptors (Lipinski definition) is 2. The van der Waals surface area contributed by atoms with E-state index in [1.165, 1.54) is 37.8 Å². The highest BCUT2D eigenvalue weighted by molar-refractivity contribution is 5.67. The topological polar surface area (TPSA) is 66.0 Å². The van der Waals surface area contributed by atoms with Crippen molar-refractivity contribution in [2.24, 2.45) is 0 Å². The molecule has 0 amide bonds. The number of nitrogens with zero attached hydrogens (tertiary/aromatic N) is 1. The molecular formula is C13H20N2O2. The van der Waals surface area contributed by atoms with Crippen LogP contribution in [0, 0.1) is 0 Å². The highest BCUT2D eigenvalue weighted by Crippen LogP contribution is 2.32. The van der Waals surface area contributed by atoms with E-state index in [4.69, 9.17) is 5.11 Å². The molecule has 1 unspecified atom stereocenters. The first-order valence-electron chi connectivity index (χ1n) is 6.43. The molecule has 4 nitrogen and oxygen atoms in total. The SMILES string of the molecule is CC(CC(=O)O)c1ncc(C2CCCCC2)[nH]1. The van der Waals surface area contributed by atoms with Crippen LogP contribution in [0.3, 0.4) is 0 Å². The van der Waals surface area contributed by atoms with Crippen LogP contribution < -0.4 is 0 Å². The second kappa shape index (κ2) is 5.34. The van der Waals surface area contributed by atoms with Crippen molar-refractivity contribution in [2.75, 3.05) is 0 Å². The second-order valence-corrected chi connectivity index (χ2v) is 5.06. The molecule has 1 atom stereocenters. The van der Waals surface area contributed by atoms with Gasteiger partial charge in [0.05, 0.1) is 6.42 Å². The summed E-state index contributed by atoms with van der Waals surface area (Å²) in [7, 11) is 0. The fourth-order valence-electron chi connectivity index (χ4n) is 2.58. The number of nitrogens with one attached hydrogen (secondary N) is 1. The first kappa shape index (κ1) is 12.1. The lowest BCUT2D eigenvalue weighted by molar-refractivity contribution is -0.137. The van der Waals surface area contributed by atoms with Crippen molar-refractivity contribution in [3.8, 4) is 0 Å². The van der Waals surface area contributed by atoms with E-state index >= 15 is 0 Å². The minimum atomic E-state index is -0.770. The number of H-pyrrole nitrogens is 1. The van der Waals surface area contributed by atoms with Crippen molar-refractivity contribution in [1.29, 1.82) is 0 Å². The number of carboxylic acid groups (broad SMARTS) is 1. The molecule has 1 fully saturated rings. The predicted molar refractivity (Wildman–Crippen MR) is 65.1 cm³/mol. The minimum Gasteiger partial charge on any atom is -0.481 e. The molecule has 0 bridgehead atoms. The third kappa shape index (κ3) is 3.08. The summed E-state index contributed by atoms with van der Waals surface area (Å²) in [6, 6.07) is 0. The van der Waals surface area contributed by atoms with Gasteiger partial charge in [0.2, 0.25) is 0 Å². The number of rotatable bonds is 4. The van der Waals surface area contributed by atoms with Crippen molar-refractivity contribution in [2.45, 2.75) is 57.3 Å². The van der Waals surface area contributed by atoms with Gasteiger partial charge in [-0.3, -0.25) is 4.79 Å². The van der Waals surface area contributed by atoms with Crippen LogP contribution in [-0.2, 0) is 4.79 Å². The Morgan fingerprint density at radius 1 is 1.53 bits per heavy atom. The van der Waals surface area contributed by atoms with Crippen LogP contribution in [0.5, 0.6) is 0 Å².